The van der Waals surface area contributed by atoms with E-state index >= 15 is 0 Å². The fourth-order valence-electron chi connectivity index (χ4n) is 4.38. The third kappa shape index (κ3) is 4.09. The highest BCUT2D eigenvalue weighted by molar-refractivity contribution is 5.77. The van der Waals surface area contributed by atoms with E-state index in [4.69, 9.17) is 8.94 Å². The SMILES string of the molecule is Cc1onc(-c2ccccc2)c1-c1nnc(CN2CCC(c3ccnn3CCO)CC2)o1. The number of benzene rings is 1. The van der Waals surface area contributed by atoms with E-state index in [2.05, 4.69) is 31.4 Å². The fourth-order valence-corrected chi connectivity index (χ4v) is 4.38. The molecule has 166 valence electrons. The second kappa shape index (κ2) is 9.05. The van der Waals surface area contributed by atoms with Gasteiger partial charge in [0, 0.05) is 23.4 Å². The molecule has 0 atom stereocenters. The summed E-state index contributed by atoms with van der Waals surface area (Å²) in [5.41, 5.74) is 3.60. The summed E-state index contributed by atoms with van der Waals surface area (Å²) in [4.78, 5) is 2.33. The first-order chi connectivity index (χ1) is 15.7. The van der Waals surface area contributed by atoms with Crippen LogP contribution in [0.25, 0.3) is 22.7 Å². The van der Waals surface area contributed by atoms with E-state index in [0.29, 0.717) is 42.2 Å². The number of aliphatic hydroxyl groups is 1. The largest absolute Gasteiger partial charge is 0.419 e. The van der Waals surface area contributed by atoms with E-state index in [1.54, 1.807) is 0 Å². The Hall–Kier alpha value is -3.30. The molecule has 3 aromatic heterocycles. The molecule has 0 unspecified atom stereocenters. The Balaban J connectivity index is 1.26. The van der Waals surface area contributed by atoms with Crippen LogP contribution >= 0.6 is 0 Å². The van der Waals surface area contributed by atoms with Gasteiger partial charge in [-0.1, -0.05) is 35.5 Å². The van der Waals surface area contributed by atoms with E-state index in [1.165, 1.54) is 5.69 Å². The summed E-state index contributed by atoms with van der Waals surface area (Å²) in [6.45, 7) is 4.99. The van der Waals surface area contributed by atoms with E-state index in [0.717, 1.165) is 37.1 Å². The van der Waals surface area contributed by atoms with Crippen molar-refractivity contribution in [2.45, 2.75) is 38.8 Å². The van der Waals surface area contributed by atoms with Gasteiger partial charge in [-0.05, 0) is 38.9 Å². The van der Waals surface area contributed by atoms with Crippen molar-refractivity contribution < 1.29 is 14.0 Å². The number of nitrogens with zero attached hydrogens (tertiary/aromatic N) is 6. The van der Waals surface area contributed by atoms with E-state index in [1.807, 2.05) is 48.1 Å². The van der Waals surface area contributed by atoms with E-state index < -0.39 is 0 Å². The molecule has 0 aliphatic carbocycles. The molecular formula is C23H26N6O3. The molecule has 1 aromatic carbocycles. The van der Waals surface area contributed by atoms with Gasteiger partial charge in [-0.2, -0.15) is 5.10 Å². The summed E-state index contributed by atoms with van der Waals surface area (Å²) in [5.74, 6) is 2.12. The quantitative estimate of drug-likeness (QED) is 0.472. The monoisotopic (exact) mass is 434 g/mol. The smallest absolute Gasteiger partial charge is 0.253 e. The number of aliphatic hydroxyl groups excluding tert-OH is 1. The van der Waals surface area contributed by atoms with Crippen LogP contribution in [0, 0.1) is 6.92 Å². The third-order valence-corrected chi connectivity index (χ3v) is 6.02. The van der Waals surface area contributed by atoms with Crippen LogP contribution in [0.3, 0.4) is 0 Å². The van der Waals surface area contributed by atoms with Crippen LogP contribution in [0.2, 0.25) is 0 Å². The lowest BCUT2D eigenvalue weighted by Crippen LogP contribution is -2.33. The van der Waals surface area contributed by atoms with Crippen molar-refractivity contribution in [2.24, 2.45) is 0 Å². The van der Waals surface area contributed by atoms with Gasteiger partial charge in [-0.3, -0.25) is 9.58 Å². The molecule has 9 heteroatoms. The molecule has 32 heavy (non-hydrogen) atoms. The molecule has 1 fully saturated rings. The lowest BCUT2D eigenvalue weighted by atomic mass is 9.93. The summed E-state index contributed by atoms with van der Waals surface area (Å²) in [6, 6.07) is 11.9. The highest BCUT2D eigenvalue weighted by atomic mass is 16.5. The number of likely N-dealkylation sites (tertiary alicyclic amines) is 1. The normalized spacial score (nSPS) is 15.4. The second-order valence-corrected chi connectivity index (χ2v) is 8.08. The van der Waals surface area contributed by atoms with Crippen LogP contribution in [0.15, 0.2) is 51.5 Å². The molecule has 4 heterocycles. The molecule has 9 nitrogen and oxygen atoms in total. The molecule has 0 bridgehead atoms. The molecule has 4 aromatic rings. The van der Waals surface area contributed by atoms with Crippen LogP contribution in [0.4, 0.5) is 0 Å². The molecule has 1 N–H and O–H groups in total. The van der Waals surface area contributed by atoms with Crippen molar-refractivity contribution in [2.75, 3.05) is 19.7 Å². The number of rotatable bonds is 7. The molecule has 1 saturated heterocycles. The zero-order valence-corrected chi connectivity index (χ0v) is 18.0. The molecule has 0 saturated carbocycles. The van der Waals surface area contributed by atoms with Gasteiger partial charge in [-0.15, -0.1) is 10.2 Å². The Bertz CT molecular complexity index is 1160. The zero-order valence-electron chi connectivity index (χ0n) is 18.0. The highest BCUT2D eigenvalue weighted by Crippen LogP contribution is 2.34. The van der Waals surface area contributed by atoms with Crippen LogP contribution < -0.4 is 0 Å². The first kappa shape index (κ1) is 20.6. The zero-order chi connectivity index (χ0) is 21.9. The molecular weight excluding hydrogens is 408 g/mol. The van der Waals surface area contributed by atoms with Crippen LogP contribution in [-0.2, 0) is 13.1 Å². The van der Waals surface area contributed by atoms with Gasteiger partial charge in [0.25, 0.3) is 5.89 Å². The van der Waals surface area contributed by atoms with Crippen LogP contribution in [0.1, 0.15) is 36.1 Å². The second-order valence-electron chi connectivity index (χ2n) is 8.08. The summed E-state index contributed by atoms with van der Waals surface area (Å²) in [6.07, 6.45) is 3.87. The van der Waals surface area contributed by atoms with Gasteiger partial charge in [0.2, 0.25) is 5.89 Å². The van der Waals surface area contributed by atoms with E-state index in [9.17, 15) is 5.11 Å². The average molecular weight is 435 g/mol. The van der Waals surface area contributed by atoms with Gasteiger partial charge < -0.3 is 14.0 Å². The Morgan fingerprint density at radius 3 is 2.69 bits per heavy atom. The summed E-state index contributed by atoms with van der Waals surface area (Å²) < 4.78 is 13.4. The van der Waals surface area contributed by atoms with Crippen LogP contribution in [0.5, 0.6) is 0 Å². The maximum Gasteiger partial charge on any atom is 0.253 e. The Morgan fingerprint density at radius 1 is 1.09 bits per heavy atom. The third-order valence-electron chi connectivity index (χ3n) is 6.02. The van der Waals surface area contributed by atoms with Crippen molar-refractivity contribution in [3.05, 3.63) is 59.9 Å². The topological polar surface area (TPSA) is 106 Å². The molecule has 0 radical (unpaired) electrons. The van der Waals surface area contributed by atoms with Gasteiger partial charge in [0.1, 0.15) is 17.0 Å². The maximum absolute atomic E-state index is 9.23. The summed E-state index contributed by atoms with van der Waals surface area (Å²) in [5, 5.41) is 26.3. The Labute approximate surface area is 185 Å². The van der Waals surface area contributed by atoms with Crippen molar-refractivity contribution in [3.63, 3.8) is 0 Å². The number of hydrogen-bond donors (Lipinski definition) is 1. The van der Waals surface area contributed by atoms with Gasteiger partial charge in [0.05, 0.1) is 19.7 Å². The predicted molar refractivity (Wildman–Crippen MR) is 117 cm³/mol. The summed E-state index contributed by atoms with van der Waals surface area (Å²) >= 11 is 0. The lowest BCUT2D eigenvalue weighted by molar-refractivity contribution is 0.183. The Morgan fingerprint density at radius 2 is 1.91 bits per heavy atom. The standard InChI is InChI=1S/C23H26N6O3/c1-16-21(22(27-32-16)18-5-3-2-4-6-18)23-26-25-20(31-23)15-28-11-8-17(9-12-28)19-7-10-24-29(19)13-14-30/h2-7,10,17,30H,8-9,11-15H2,1H3. The van der Waals surface area contributed by atoms with Crippen molar-refractivity contribution >= 4 is 0 Å². The predicted octanol–water partition coefficient (Wildman–Crippen LogP) is 3.27. The minimum Gasteiger partial charge on any atom is -0.419 e. The molecule has 1 aliphatic heterocycles. The highest BCUT2D eigenvalue weighted by Gasteiger charge is 2.26. The van der Waals surface area contributed by atoms with Gasteiger partial charge in [-0.25, -0.2) is 0 Å². The molecule has 0 amide bonds. The lowest BCUT2D eigenvalue weighted by Gasteiger charge is -2.31. The first-order valence-electron chi connectivity index (χ1n) is 10.9. The van der Waals surface area contributed by atoms with Crippen molar-refractivity contribution in [3.8, 4) is 22.7 Å². The summed E-state index contributed by atoms with van der Waals surface area (Å²) in [7, 11) is 0. The minimum atomic E-state index is 0.102. The molecule has 1 aliphatic rings. The van der Waals surface area contributed by atoms with Gasteiger partial charge >= 0.3 is 0 Å². The fraction of sp³-hybridized carbons (Fsp3) is 0.391. The minimum absolute atomic E-state index is 0.102. The maximum atomic E-state index is 9.23. The van der Waals surface area contributed by atoms with Gasteiger partial charge in [0.15, 0.2) is 0 Å². The number of aryl methyl sites for hydroxylation is 1. The number of aromatic nitrogens is 5. The van der Waals surface area contributed by atoms with Crippen molar-refractivity contribution in [1.82, 2.24) is 30.0 Å². The molecule has 5 rings (SSSR count). The number of piperidine rings is 1. The van der Waals surface area contributed by atoms with Crippen LogP contribution in [-0.4, -0.2) is 54.8 Å². The molecule has 0 spiro atoms. The van der Waals surface area contributed by atoms with Crippen molar-refractivity contribution in [1.29, 1.82) is 0 Å². The van der Waals surface area contributed by atoms with E-state index in [-0.39, 0.29) is 6.61 Å². The number of hydrogen-bond acceptors (Lipinski definition) is 8. The first-order valence-corrected chi connectivity index (χ1v) is 10.9. The Kier molecular flexibility index (Phi) is 5.83. The average Bonchev–Trinajstić information content (AvgIpc) is 3.55.